The van der Waals surface area contributed by atoms with E-state index in [1.165, 1.54) is 11.8 Å². The highest BCUT2D eigenvalue weighted by atomic mass is 32.2. The molecular weight excluding hydrogens is 434 g/mol. The van der Waals surface area contributed by atoms with Crippen LogP contribution < -0.4 is 10.9 Å². The van der Waals surface area contributed by atoms with E-state index in [4.69, 9.17) is 4.98 Å². The zero-order valence-electron chi connectivity index (χ0n) is 19.4. The van der Waals surface area contributed by atoms with Gasteiger partial charge in [-0.05, 0) is 70.0 Å². The van der Waals surface area contributed by atoms with Gasteiger partial charge in [-0.25, -0.2) is 9.67 Å². The van der Waals surface area contributed by atoms with Gasteiger partial charge in [-0.15, -0.1) is 0 Å². The van der Waals surface area contributed by atoms with Gasteiger partial charge in [0, 0.05) is 12.1 Å². The molecule has 4 aromatic rings. The van der Waals surface area contributed by atoms with Crippen LogP contribution in [0.1, 0.15) is 37.9 Å². The Bertz CT molecular complexity index is 1390. The van der Waals surface area contributed by atoms with Crippen LogP contribution in [0.3, 0.4) is 0 Å². The van der Waals surface area contributed by atoms with Gasteiger partial charge >= 0.3 is 0 Å². The number of anilines is 1. The zero-order valence-corrected chi connectivity index (χ0v) is 20.2. The summed E-state index contributed by atoms with van der Waals surface area (Å²) in [6.07, 6.45) is 1.66. The molecule has 4 rings (SSSR count). The van der Waals surface area contributed by atoms with Crippen molar-refractivity contribution in [3.63, 3.8) is 0 Å². The molecule has 170 valence electrons. The maximum atomic E-state index is 13.5. The second-order valence-electron chi connectivity index (χ2n) is 8.32. The minimum Gasteiger partial charge on any atom is -0.310 e. The molecule has 7 nitrogen and oxygen atoms in total. The SMILES string of the molecule is Cc1ccc(-n2c(SC(C)C(=O)Nc3ccnn3C(C)C)nc3ccccc3c2=O)cc1C. The minimum absolute atomic E-state index is 0.121. The third-order valence-corrected chi connectivity index (χ3v) is 6.61. The molecule has 1 amide bonds. The Hall–Kier alpha value is -3.39. The fraction of sp³-hybridized carbons (Fsp3) is 0.280. The number of nitrogens with zero attached hydrogens (tertiary/aromatic N) is 4. The standard InChI is InChI=1S/C25H27N5O2S/c1-15(2)30-22(12-13-26-30)28-23(31)18(5)33-25-27-21-9-7-6-8-20(21)24(32)29(25)19-11-10-16(3)17(4)14-19/h6-15,18H,1-5H3,(H,28,31). The summed E-state index contributed by atoms with van der Waals surface area (Å²) in [5.74, 6) is 0.455. The molecule has 2 aromatic carbocycles. The van der Waals surface area contributed by atoms with Crippen molar-refractivity contribution in [1.82, 2.24) is 19.3 Å². The largest absolute Gasteiger partial charge is 0.310 e. The summed E-state index contributed by atoms with van der Waals surface area (Å²) in [7, 11) is 0. The Morgan fingerprint density at radius 2 is 1.79 bits per heavy atom. The first-order valence-corrected chi connectivity index (χ1v) is 11.7. The van der Waals surface area contributed by atoms with Gasteiger partial charge in [0.05, 0.1) is 28.0 Å². The third kappa shape index (κ3) is 4.57. The Balaban J connectivity index is 1.73. The van der Waals surface area contributed by atoms with E-state index in [1.807, 2.05) is 71.0 Å². The predicted molar refractivity (Wildman–Crippen MR) is 133 cm³/mol. The van der Waals surface area contributed by atoms with Gasteiger partial charge < -0.3 is 5.32 Å². The lowest BCUT2D eigenvalue weighted by Crippen LogP contribution is -2.27. The second kappa shape index (κ2) is 9.23. The molecule has 2 heterocycles. The molecule has 2 aromatic heterocycles. The van der Waals surface area contributed by atoms with E-state index in [1.54, 1.807) is 27.6 Å². The van der Waals surface area contributed by atoms with Gasteiger partial charge in [0.15, 0.2) is 5.16 Å². The van der Waals surface area contributed by atoms with E-state index in [0.29, 0.717) is 21.9 Å². The number of fused-ring (bicyclic) bond motifs is 1. The van der Waals surface area contributed by atoms with E-state index in [2.05, 4.69) is 10.4 Å². The molecule has 1 atom stereocenters. The highest BCUT2D eigenvalue weighted by Gasteiger charge is 2.22. The van der Waals surface area contributed by atoms with Gasteiger partial charge in [0.2, 0.25) is 5.91 Å². The number of carbonyl (C=O) groups is 1. The van der Waals surface area contributed by atoms with Crippen molar-refractivity contribution in [2.45, 2.75) is 51.1 Å². The molecule has 1 unspecified atom stereocenters. The molecule has 0 saturated heterocycles. The minimum atomic E-state index is -0.494. The summed E-state index contributed by atoms with van der Waals surface area (Å²) in [4.78, 5) is 31.2. The van der Waals surface area contributed by atoms with E-state index >= 15 is 0 Å². The lowest BCUT2D eigenvalue weighted by molar-refractivity contribution is -0.115. The second-order valence-corrected chi connectivity index (χ2v) is 9.63. The smallest absolute Gasteiger partial charge is 0.266 e. The van der Waals surface area contributed by atoms with Crippen molar-refractivity contribution in [2.75, 3.05) is 5.32 Å². The number of carbonyl (C=O) groups excluding carboxylic acids is 1. The van der Waals surface area contributed by atoms with Crippen molar-refractivity contribution in [3.05, 3.63) is 76.2 Å². The van der Waals surface area contributed by atoms with E-state index in [-0.39, 0.29) is 17.5 Å². The summed E-state index contributed by atoms with van der Waals surface area (Å²) in [5, 5.41) is 7.73. The van der Waals surface area contributed by atoms with Crippen LogP contribution in [0.15, 0.2) is 64.7 Å². The topological polar surface area (TPSA) is 81.8 Å². The Morgan fingerprint density at radius 3 is 2.52 bits per heavy atom. The van der Waals surface area contributed by atoms with Crippen molar-refractivity contribution in [2.24, 2.45) is 0 Å². The molecule has 0 aliphatic heterocycles. The maximum Gasteiger partial charge on any atom is 0.266 e. The Kier molecular flexibility index (Phi) is 6.37. The maximum absolute atomic E-state index is 13.5. The van der Waals surface area contributed by atoms with Crippen molar-refractivity contribution in [3.8, 4) is 5.69 Å². The molecule has 0 radical (unpaired) electrons. The summed E-state index contributed by atoms with van der Waals surface area (Å²) in [6.45, 7) is 9.86. The van der Waals surface area contributed by atoms with Crippen LogP contribution in [0, 0.1) is 13.8 Å². The number of amides is 1. The number of benzene rings is 2. The highest BCUT2D eigenvalue weighted by molar-refractivity contribution is 8.00. The quantitative estimate of drug-likeness (QED) is 0.326. The monoisotopic (exact) mass is 461 g/mol. The van der Waals surface area contributed by atoms with Gasteiger partial charge in [0.25, 0.3) is 5.56 Å². The number of hydrogen-bond donors (Lipinski definition) is 1. The normalized spacial score (nSPS) is 12.3. The van der Waals surface area contributed by atoms with Crippen LogP contribution in [0.25, 0.3) is 16.6 Å². The van der Waals surface area contributed by atoms with Crippen LogP contribution in [-0.2, 0) is 4.79 Å². The highest BCUT2D eigenvalue weighted by Crippen LogP contribution is 2.27. The van der Waals surface area contributed by atoms with Gasteiger partial charge in [-0.3, -0.25) is 14.2 Å². The first kappa shape index (κ1) is 22.8. The number of aryl methyl sites for hydroxylation is 2. The number of nitrogens with one attached hydrogen (secondary N) is 1. The number of thioether (sulfide) groups is 1. The molecule has 0 aliphatic rings. The molecule has 0 spiro atoms. The van der Waals surface area contributed by atoms with Crippen LogP contribution >= 0.6 is 11.8 Å². The molecule has 0 saturated carbocycles. The van der Waals surface area contributed by atoms with Gasteiger partial charge in [-0.2, -0.15) is 5.10 Å². The first-order valence-electron chi connectivity index (χ1n) is 10.9. The molecule has 0 fully saturated rings. The molecule has 1 N–H and O–H groups in total. The fourth-order valence-electron chi connectivity index (χ4n) is 3.55. The molecule has 0 bridgehead atoms. The van der Waals surface area contributed by atoms with Gasteiger partial charge in [0.1, 0.15) is 5.82 Å². The van der Waals surface area contributed by atoms with Crippen LogP contribution in [0.2, 0.25) is 0 Å². The van der Waals surface area contributed by atoms with E-state index in [9.17, 15) is 9.59 Å². The molecule has 0 aliphatic carbocycles. The van der Waals surface area contributed by atoms with E-state index in [0.717, 1.165) is 16.8 Å². The number of para-hydroxylation sites is 1. The van der Waals surface area contributed by atoms with E-state index < -0.39 is 5.25 Å². The van der Waals surface area contributed by atoms with Crippen LogP contribution in [0.4, 0.5) is 5.82 Å². The zero-order chi connectivity index (χ0) is 23.7. The molecule has 8 heteroatoms. The first-order chi connectivity index (χ1) is 15.8. The third-order valence-electron chi connectivity index (χ3n) is 5.56. The lowest BCUT2D eigenvalue weighted by atomic mass is 10.1. The van der Waals surface area contributed by atoms with Gasteiger partial charge in [-0.1, -0.05) is 30.0 Å². The summed E-state index contributed by atoms with van der Waals surface area (Å²) in [5.41, 5.74) is 3.40. The Labute approximate surface area is 196 Å². The summed E-state index contributed by atoms with van der Waals surface area (Å²) < 4.78 is 3.36. The average Bonchev–Trinajstić information content (AvgIpc) is 3.24. The summed E-state index contributed by atoms with van der Waals surface area (Å²) >= 11 is 1.26. The number of aromatic nitrogens is 4. The number of rotatable bonds is 6. The molecule has 33 heavy (non-hydrogen) atoms. The van der Waals surface area contributed by atoms with Crippen LogP contribution in [-0.4, -0.2) is 30.5 Å². The number of hydrogen-bond acceptors (Lipinski definition) is 5. The Morgan fingerprint density at radius 1 is 1.03 bits per heavy atom. The fourth-order valence-corrected chi connectivity index (χ4v) is 4.48. The van der Waals surface area contributed by atoms with Crippen molar-refractivity contribution in [1.29, 1.82) is 0 Å². The predicted octanol–water partition coefficient (Wildman–Crippen LogP) is 4.90. The summed E-state index contributed by atoms with van der Waals surface area (Å²) in [6, 6.07) is 15.1. The van der Waals surface area contributed by atoms with Crippen molar-refractivity contribution < 1.29 is 4.79 Å². The van der Waals surface area contributed by atoms with Crippen LogP contribution in [0.5, 0.6) is 0 Å². The average molecular weight is 462 g/mol. The molecular formula is C25H27N5O2S. The van der Waals surface area contributed by atoms with Crippen molar-refractivity contribution >= 4 is 34.4 Å². The lowest BCUT2D eigenvalue weighted by Gasteiger charge is -2.18.